The second kappa shape index (κ2) is 5.78. The molecule has 0 amide bonds. The molecule has 2 rings (SSSR count). The van der Waals surface area contributed by atoms with Crippen molar-refractivity contribution in [1.29, 1.82) is 5.26 Å². The van der Waals surface area contributed by atoms with E-state index in [0.29, 0.717) is 11.3 Å². The molecule has 0 saturated heterocycles. The Labute approximate surface area is 111 Å². The van der Waals surface area contributed by atoms with E-state index in [4.69, 9.17) is 4.74 Å². The van der Waals surface area contributed by atoms with E-state index in [0.717, 1.165) is 5.69 Å². The number of nitriles is 1. The maximum Gasteiger partial charge on any atom is 0.141 e. The Morgan fingerprint density at radius 2 is 2.00 bits per heavy atom. The third kappa shape index (κ3) is 2.96. The standard InChI is InChI=1S/C15H14N2O2/c1-19-15-8-3-2-7-13(15)17-14(10-16)11-5-4-6-12(18)9-11/h2-9,14,17-18H,1H3. The second-order valence-corrected chi connectivity index (χ2v) is 4.00. The highest BCUT2D eigenvalue weighted by atomic mass is 16.5. The van der Waals surface area contributed by atoms with E-state index >= 15 is 0 Å². The highest BCUT2D eigenvalue weighted by Crippen LogP contribution is 2.28. The second-order valence-electron chi connectivity index (χ2n) is 4.00. The normalized spacial score (nSPS) is 11.4. The first-order chi connectivity index (χ1) is 9.24. The van der Waals surface area contributed by atoms with Gasteiger partial charge in [-0.25, -0.2) is 0 Å². The first kappa shape index (κ1) is 12.8. The van der Waals surface area contributed by atoms with Crippen molar-refractivity contribution in [2.24, 2.45) is 0 Å². The maximum atomic E-state index is 9.46. The summed E-state index contributed by atoms with van der Waals surface area (Å²) in [5.41, 5.74) is 1.44. The number of para-hydroxylation sites is 2. The van der Waals surface area contributed by atoms with Gasteiger partial charge in [-0.2, -0.15) is 5.26 Å². The third-order valence-electron chi connectivity index (χ3n) is 2.74. The number of hydrogen-bond acceptors (Lipinski definition) is 4. The number of phenols is 1. The van der Waals surface area contributed by atoms with E-state index in [1.165, 1.54) is 0 Å². The van der Waals surface area contributed by atoms with Crippen molar-refractivity contribution in [3.63, 3.8) is 0 Å². The van der Waals surface area contributed by atoms with Crippen LogP contribution in [0.1, 0.15) is 11.6 Å². The van der Waals surface area contributed by atoms with Crippen LogP contribution in [-0.2, 0) is 0 Å². The maximum absolute atomic E-state index is 9.46. The van der Waals surface area contributed by atoms with E-state index in [9.17, 15) is 10.4 Å². The molecular formula is C15H14N2O2. The lowest BCUT2D eigenvalue weighted by Crippen LogP contribution is -2.09. The Hall–Kier alpha value is -2.67. The number of aromatic hydroxyl groups is 1. The van der Waals surface area contributed by atoms with E-state index in [1.807, 2.05) is 24.3 Å². The zero-order valence-electron chi connectivity index (χ0n) is 10.5. The molecule has 0 aromatic heterocycles. The average Bonchev–Trinajstić information content (AvgIpc) is 2.45. The fraction of sp³-hybridized carbons (Fsp3) is 0.133. The first-order valence-corrected chi connectivity index (χ1v) is 5.82. The van der Waals surface area contributed by atoms with Crippen molar-refractivity contribution in [3.05, 3.63) is 54.1 Å². The Balaban J connectivity index is 2.27. The van der Waals surface area contributed by atoms with Crippen LogP contribution in [-0.4, -0.2) is 12.2 Å². The summed E-state index contributed by atoms with van der Waals surface area (Å²) < 4.78 is 5.23. The van der Waals surface area contributed by atoms with Gasteiger partial charge in [0, 0.05) is 0 Å². The Kier molecular flexibility index (Phi) is 3.89. The summed E-state index contributed by atoms with van der Waals surface area (Å²) in [6.45, 7) is 0. The highest BCUT2D eigenvalue weighted by Gasteiger charge is 2.12. The van der Waals surface area contributed by atoms with Crippen LogP contribution < -0.4 is 10.1 Å². The molecule has 4 heteroatoms. The topological polar surface area (TPSA) is 65.3 Å². The van der Waals surface area contributed by atoms with Crippen molar-refractivity contribution < 1.29 is 9.84 Å². The van der Waals surface area contributed by atoms with E-state index in [1.54, 1.807) is 31.4 Å². The van der Waals surface area contributed by atoms with Crippen LogP contribution in [0, 0.1) is 11.3 Å². The number of rotatable bonds is 4. The van der Waals surface area contributed by atoms with Crippen LogP contribution in [0.25, 0.3) is 0 Å². The van der Waals surface area contributed by atoms with Gasteiger partial charge in [0.2, 0.25) is 0 Å². The summed E-state index contributed by atoms with van der Waals surface area (Å²) >= 11 is 0. The number of nitrogens with zero attached hydrogens (tertiary/aromatic N) is 1. The fourth-order valence-corrected chi connectivity index (χ4v) is 1.81. The third-order valence-corrected chi connectivity index (χ3v) is 2.74. The number of methoxy groups -OCH3 is 1. The lowest BCUT2D eigenvalue weighted by molar-refractivity contribution is 0.416. The van der Waals surface area contributed by atoms with Crippen LogP contribution >= 0.6 is 0 Å². The minimum absolute atomic E-state index is 0.138. The molecule has 4 nitrogen and oxygen atoms in total. The number of ether oxygens (including phenoxy) is 1. The molecule has 0 aliphatic heterocycles. The van der Waals surface area contributed by atoms with Crippen LogP contribution in [0.2, 0.25) is 0 Å². The number of anilines is 1. The van der Waals surface area contributed by atoms with E-state index in [2.05, 4.69) is 11.4 Å². The average molecular weight is 254 g/mol. The molecule has 0 heterocycles. The monoisotopic (exact) mass is 254 g/mol. The lowest BCUT2D eigenvalue weighted by atomic mass is 10.1. The van der Waals surface area contributed by atoms with Gasteiger partial charge < -0.3 is 15.2 Å². The summed E-state index contributed by atoms with van der Waals surface area (Å²) in [4.78, 5) is 0. The molecule has 0 aliphatic rings. The van der Waals surface area contributed by atoms with Crippen molar-refractivity contribution in [1.82, 2.24) is 0 Å². The highest BCUT2D eigenvalue weighted by molar-refractivity contribution is 5.58. The Morgan fingerprint density at radius 1 is 1.21 bits per heavy atom. The molecule has 2 N–H and O–H groups in total. The quantitative estimate of drug-likeness (QED) is 0.880. The van der Waals surface area contributed by atoms with Crippen LogP contribution in [0.3, 0.4) is 0 Å². The molecule has 19 heavy (non-hydrogen) atoms. The van der Waals surface area contributed by atoms with Gasteiger partial charge >= 0.3 is 0 Å². The summed E-state index contributed by atoms with van der Waals surface area (Å²) in [5.74, 6) is 0.808. The Bertz CT molecular complexity index is 605. The molecule has 0 saturated carbocycles. The van der Waals surface area contributed by atoms with Crippen molar-refractivity contribution in [2.75, 3.05) is 12.4 Å². The largest absolute Gasteiger partial charge is 0.508 e. The molecule has 0 bridgehead atoms. The molecule has 0 fully saturated rings. The van der Waals surface area contributed by atoms with Gasteiger partial charge in [0.05, 0.1) is 18.9 Å². The van der Waals surface area contributed by atoms with Gasteiger partial charge in [0.25, 0.3) is 0 Å². The number of phenolic OH excluding ortho intramolecular Hbond substituents is 1. The molecule has 1 atom stereocenters. The molecule has 2 aromatic rings. The molecular weight excluding hydrogens is 240 g/mol. The summed E-state index contributed by atoms with van der Waals surface area (Å²) in [6.07, 6.45) is 0. The van der Waals surface area contributed by atoms with Crippen LogP contribution in [0.15, 0.2) is 48.5 Å². The molecule has 0 spiro atoms. The SMILES string of the molecule is COc1ccccc1NC(C#N)c1cccc(O)c1. The van der Waals surface area contributed by atoms with Crippen molar-refractivity contribution in [3.8, 4) is 17.6 Å². The summed E-state index contributed by atoms with van der Waals surface area (Å²) in [6, 6.07) is 15.6. The van der Waals surface area contributed by atoms with E-state index in [-0.39, 0.29) is 5.75 Å². The number of benzene rings is 2. The molecule has 1 unspecified atom stereocenters. The van der Waals surface area contributed by atoms with Gasteiger partial charge in [0.15, 0.2) is 0 Å². The summed E-state index contributed by atoms with van der Waals surface area (Å²) in [5, 5.41) is 21.8. The van der Waals surface area contributed by atoms with Gasteiger partial charge in [-0.3, -0.25) is 0 Å². The van der Waals surface area contributed by atoms with Gasteiger partial charge in [-0.15, -0.1) is 0 Å². The van der Waals surface area contributed by atoms with Crippen molar-refractivity contribution >= 4 is 5.69 Å². The fourth-order valence-electron chi connectivity index (χ4n) is 1.81. The zero-order valence-corrected chi connectivity index (χ0v) is 10.5. The lowest BCUT2D eigenvalue weighted by Gasteiger charge is -2.15. The number of nitrogens with one attached hydrogen (secondary N) is 1. The van der Waals surface area contributed by atoms with Gasteiger partial charge in [-0.1, -0.05) is 24.3 Å². The van der Waals surface area contributed by atoms with Gasteiger partial charge in [0.1, 0.15) is 17.5 Å². The predicted molar refractivity (Wildman–Crippen MR) is 73.1 cm³/mol. The van der Waals surface area contributed by atoms with Crippen molar-refractivity contribution in [2.45, 2.75) is 6.04 Å². The minimum atomic E-state index is -0.552. The Morgan fingerprint density at radius 3 is 2.68 bits per heavy atom. The molecule has 2 aromatic carbocycles. The summed E-state index contributed by atoms with van der Waals surface area (Å²) in [7, 11) is 1.58. The first-order valence-electron chi connectivity index (χ1n) is 5.82. The number of hydrogen-bond donors (Lipinski definition) is 2. The molecule has 96 valence electrons. The van der Waals surface area contributed by atoms with Crippen LogP contribution in [0.4, 0.5) is 5.69 Å². The van der Waals surface area contributed by atoms with E-state index < -0.39 is 6.04 Å². The minimum Gasteiger partial charge on any atom is -0.508 e. The zero-order chi connectivity index (χ0) is 13.7. The predicted octanol–water partition coefficient (Wildman–Crippen LogP) is 3.08. The van der Waals surface area contributed by atoms with Crippen LogP contribution in [0.5, 0.6) is 11.5 Å². The van der Waals surface area contributed by atoms with Gasteiger partial charge in [-0.05, 0) is 29.8 Å². The molecule has 0 radical (unpaired) electrons. The smallest absolute Gasteiger partial charge is 0.141 e. The molecule has 0 aliphatic carbocycles.